The molecule has 6 nitrogen and oxygen atoms in total. The number of aromatic nitrogens is 2. The molecule has 1 unspecified atom stereocenters. The maximum absolute atomic E-state index is 10.6. The van der Waals surface area contributed by atoms with Crippen LogP contribution in [-0.4, -0.2) is 32.7 Å². The maximum atomic E-state index is 10.6. The number of carboxylic acid groups (broad SMARTS) is 1. The number of carbonyl (C=O) groups is 1. The molecule has 1 aliphatic heterocycles. The van der Waals surface area contributed by atoms with Gasteiger partial charge in [-0.15, -0.1) is 0 Å². The van der Waals surface area contributed by atoms with Crippen LogP contribution < -0.4 is 0 Å². The molecule has 0 saturated heterocycles. The van der Waals surface area contributed by atoms with Crippen LogP contribution in [0.2, 0.25) is 0 Å². The second-order valence-electron chi connectivity index (χ2n) is 3.44. The van der Waals surface area contributed by atoms with Crippen LogP contribution in [0, 0.1) is 6.92 Å². The molecule has 1 aromatic rings. The predicted octanol–water partition coefficient (Wildman–Crippen LogP) is 0.306. The number of rotatable bonds is 2. The fourth-order valence-corrected chi connectivity index (χ4v) is 1.45. The van der Waals surface area contributed by atoms with E-state index in [0.717, 1.165) is 11.3 Å². The molecule has 80 valence electrons. The monoisotopic (exact) mass is 209 g/mol. The van der Waals surface area contributed by atoms with E-state index < -0.39 is 12.1 Å². The van der Waals surface area contributed by atoms with Crippen LogP contribution in [-0.2, 0) is 16.7 Å². The van der Waals surface area contributed by atoms with E-state index in [2.05, 4.69) is 10.3 Å². The normalized spacial score (nSPS) is 19.9. The highest BCUT2D eigenvalue weighted by molar-refractivity contribution is 6.03. The fraction of sp³-hybridized carbons (Fsp3) is 0.444. The molecule has 0 amide bonds. The molecule has 15 heavy (non-hydrogen) atoms. The molecule has 2 rings (SSSR count). The molecular formula is C9H11N3O3. The van der Waals surface area contributed by atoms with E-state index in [1.54, 1.807) is 10.9 Å². The van der Waals surface area contributed by atoms with Crippen LogP contribution in [0.25, 0.3) is 0 Å². The average molecular weight is 209 g/mol. The van der Waals surface area contributed by atoms with Crippen molar-refractivity contribution in [2.45, 2.75) is 19.4 Å². The van der Waals surface area contributed by atoms with Gasteiger partial charge in [-0.3, -0.25) is 4.68 Å². The van der Waals surface area contributed by atoms with Crippen molar-refractivity contribution in [2.24, 2.45) is 12.2 Å². The third kappa shape index (κ3) is 1.58. The van der Waals surface area contributed by atoms with Crippen molar-refractivity contribution in [3.05, 3.63) is 17.5 Å². The van der Waals surface area contributed by atoms with E-state index in [0.29, 0.717) is 12.1 Å². The molecule has 0 radical (unpaired) electrons. The Balaban J connectivity index is 2.21. The Kier molecular flexibility index (Phi) is 2.18. The van der Waals surface area contributed by atoms with Crippen LogP contribution in [0.3, 0.4) is 0 Å². The third-order valence-corrected chi connectivity index (χ3v) is 2.49. The van der Waals surface area contributed by atoms with Crippen molar-refractivity contribution in [1.82, 2.24) is 9.78 Å². The highest BCUT2D eigenvalue weighted by atomic mass is 16.7. The first-order valence-electron chi connectivity index (χ1n) is 4.54. The van der Waals surface area contributed by atoms with Gasteiger partial charge in [-0.25, -0.2) is 4.79 Å². The molecule has 1 N–H and O–H groups in total. The molecule has 0 saturated carbocycles. The Labute approximate surface area is 86.1 Å². The summed E-state index contributed by atoms with van der Waals surface area (Å²) < 4.78 is 1.71. The largest absolute Gasteiger partial charge is 0.478 e. The zero-order chi connectivity index (χ0) is 11.0. The Morgan fingerprint density at radius 1 is 1.73 bits per heavy atom. The van der Waals surface area contributed by atoms with Crippen molar-refractivity contribution < 1.29 is 14.7 Å². The summed E-state index contributed by atoms with van der Waals surface area (Å²) in [5, 5.41) is 16.6. The third-order valence-electron chi connectivity index (χ3n) is 2.49. The van der Waals surface area contributed by atoms with E-state index in [9.17, 15) is 4.79 Å². The fourth-order valence-electron chi connectivity index (χ4n) is 1.45. The summed E-state index contributed by atoms with van der Waals surface area (Å²) in [6.45, 7) is 1.90. The first-order valence-corrected chi connectivity index (χ1v) is 4.54. The number of hydrogen-bond acceptors (Lipinski definition) is 4. The zero-order valence-electron chi connectivity index (χ0n) is 8.47. The van der Waals surface area contributed by atoms with Crippen LogP contribution in [0.15, 0.2) is 11.4 Å². The van der Waals surface area contributed by atoms with Gasteiger partial charge in [0, 0.05) is 24.7 Å². The SMILES string of the molecule is Cc1c(C2=NOC(C(=O)O)C2)cnn1C. The van der Waals surface area contributed by atoms with Crippen molar-refractivity contribution in [3.8, 4) is 0 Å². The highest BCUT2D eigenvalue weighted by Gasteiger charge is 2.29. The molecular weight excluding hydrogens is 198 g/mol. The topological polar surface area (TPSA) is 76.7 Å². The first kappa shape index (κ1) is 9.70. The van der Waals surface area contributed by atoms with Crippen molar-refractivity contribution >= 4 is 11.7 Å². The van der Waals surface area contributed by atoms with Gasteiger partial charge in [0.25, 0.3) is 0 Å². The number of aryl methyl sites for hydroxylation is 1. The summed E-state index contributed by atoms with van der Waals surface area (Å²) in [6.07, 6.45) is 1.10. The average Bonchev–Trinajstić information content (AvgIpc) is 2.76. The number of aliphatic carboxylic acids is 1. The smallest absolute Gasteiger partial charge is 0.348 e. The number of nitrogens with zero attached hydrogens (tertiary/aromatic N) is 3. The lowest BCUT2D eigenvalue weighted by Crippen LogP contribution is -2.20. The number of oxime groups is 1. The van der Waals surface area contributed by atoms with Gasteiger partial charge in [0.15, 0.2) is 0 Å². The lowest BCUT2D eigenvalue weighted by molar-refractivity contribution is -0.148. The molecule has 0 fully saturated rings. The Morgan fingerprint density at radius 2 is 2.47 bits per heavy atom. The van der Waals surface area contributed by atoms with Gasteiger partial charge in [-0.2, -0.15) is 5.10 Å². The Morgan fingerprint density at radius 3 is 2.93 bits per heavy atom. The van der Waals surface area contributed by atoms with Gasteiger partial charge in [-0.05, 0) is 6.92 Å². The minimum Gasteiger partial charge on any atom is -0.478 e. The standard InChI is InChI=1S/C9H11N3O3/c1-5-6(4-10-12(5)2)7-3-8(9(13)14)15-11-7/h4,8H,3H2,1-2H3,(H,13,14). The Bertz CT molecular complexity index is 436. The van der Waals surface area contributed by atoms with Gasteiger partial charge in [0.2, 0.25) is 6.10 Å². The van der Waals surface area contributed by atoms with E-state index in [4.69, 9.17) is 9.94 Å². The van der Waals surface area contributed by atoms with Crippen LogP contribution >= 0.6 is 0 Å². The van der Waals surface area contributed by atoms with E-state index in [1.807, 2.05) is 14.0 Å². The summed E-state index contributed by atoms with van der Waals surface area (Å²) >= 11 is 0. The molecule has 0 bridgehead atoms. The van der Waals surface area contributed by atoms with Crippen LogP contribution in [0.4, 0.5) is 0 Å². The maximum Gasteiger partial charge on any atom is 0.348 e. The van der Waals surface area contributed by atoms with Crippen molar-refractivity contribution in [3.63, 3.8) is 0 Å². The molecule has 6 heteroatoms. The minimum atomic E-state index is -0.990. The van der Waals surface area contributed by atoms with Gasteiger partial charge < -0.3 is 9.94 Å². The minimum absolute atomic E-state index is 0.294. The van der Waals surface area contributed by atoms with Crippen molar-refractivity contribution in [1.29, 1.82) is 0 Å². The van der Waals surface area contributed by atoms with Gasteiger partial charge in [0.1, 0.15) is 0 Å². The quantitative estimate of drug-likeness (QED) is 0.760. The summed E-state index contributed by atoms with van der Waals surface area (Å²) in [5.74, 6) is -0.990. The van der Waals surface area contributed by atoms with Gasteiger partial charge in [-0.1, -0.05) is 5.16 Å². The highest BCUT2D eigenvalue weighted by Crippen LogP contribution is 2.18. The van der Waals surface area contributed by atoms with Crippen molar-refractivity contribution in [2.75, 3.05) is 0 Å². The first-order chi connectivity index (χ1) is 7.09. The molecule has 0 spiro atoms. The molecule has 0 aromatic carbocycles. The molecule has 1 aliphatic rings. The molecule has 1 aromatic heterocycles. The summed E-state index contributed by atoms with van der Waals surface area (Å²) in [6, 6.07) is 0. The van der Waals surface area contributed by atoms with E-state index >= 15 is 0 Å². The number of carboxylic acids is 1. The summed E-state index contributed by atoms with van der Waals surface area (Å²) in [7, 11) is 1.82. The van der Waals surface area contributed by atoms with Gasteiger partial charge >= 0.3 is 5.97 Å². The molecule has 0 aliphatic carbocycles. The van der Waals surface area contributed by atoms with Gasteiger partial charge in [0.05, 0.1) is 11.9 Å². The van der Waals surface area contributed by atoms with E-state index in [1.165, 1.54) is 0 Å². The van der Waals surface area contributed by atoms with E-state index in [-0.39, 0.29) is 0 Å². The number of hydrogen-bond donors (Lipinski definition) is 1. The Hall–Kier alpha value is -1.85. The lowest BCUT2D eigenvalue weighted by Gasteiger charge is -1.99. The predicted molar refractivity (Wildman–Crippen MR) is 51.6 cm³/mol. The lowest BCUT2D eigenvalue weighted by atomic mass is 10.1. The summed E-state index contributed by atoms with van der Waals surface area (Å²) in [4.78, 5) is 15.4. The van der Waals surface area contributed by atoms with Crippen LogP contribution in [0.1, 0.15) is 17.7 Å². The molecule has 1 atom stereocenters. The second kappa shape index (κ2) is 3.38. The van der Waals surface area contributed by atoms with Crippen LogP contribution in [0.5, 0.6) is 0 Å². The molecule has 2 heterocycles. The summed E-state index contributed by atoms with van der Waals surface area (Å²) in [5.41, 5.74) is 2.44. The second-order valence-corrected chi connectivity index (χ2v) is 3.44. The zero-order valence-corrected chi connectivity index (χ0v) is 8.47.